The molecule has 2 fully saturated rings. The molecule has 1 aromatic heterocycles. The van der Waals surface area contributed by atoms with Crippen LogP contribution in [-0.2, 0) is 4.74 Å². The maximum atomic E-state index is 13.0. The van der Waals surface area contributed by atoms with Crippen LogP contribution in [0.5, 0.6) is 0 Å². The van der Waals surface area contributed by atoms with Crippen LogP contribution in [0, 0.1) is 11.8 Å². The van der Waals surface area contributed by atoms with Crippen LogP contribution in [0.15, 0.2) is 18.5 Å². The quantitative estimate of drug-likeness (QED) is 0.847. The first kappa shape index (κ1) is 20.1. The SMILES string of the molecule is CC(C)C1CN(C(=O)NC(CC2CCCCC2)c2ncccn2)CCCO1. The lowest BCUT2D eigenvalue weighted by molar-refractivity contribution is 0.0265. The number of nitrogens with one attached hydrogen (secondary N) is 1. The summed E-state index contributed by atoms with van der Waals surface area (Å²) in [7, 11) is 0. The summed E-state index contributed by atoms with van der Waals surface area (Å²) in [6, 6.07) is 1.69. The Bertz CT molecular complexity index is 575. The monoisotopic (exact) mass is 374 g/mol. The maximum absolute atomic E-state index is 13.0. The van der Waals surface area contributed by atoms with Gasteiger partial charge in [-0.1, -0.05) is 46.0 Å². The van der Waals surface area contributed by atoms with E-state index in [9.17, 15) is 4.79 Å². The van der Waals surface area contributed by atoms with E-state index in [-0.39, 0.29) is 18.2 Å². The van der Waals surface area contributed by atoms with Gasteiger partial charge in [0.2, 0.25) is 0 Å². The Labute approximate surface area is 163 Å². The summed E-state index contributed by atoms with van der Waals surface area (Å²) in [5, 5.41) is 3.24. The van der Waals surface area contributed by atoms with E-state index in [1.54, 1.807) is 12.4 Å². The van der Waals surface area contributed by atoms with Gasteiger partial charge in [-0.2, -0.15) is 0 Å². The van der Waals surface area contributed by atoms with Crippen LogP contribution >= 0.6 is 0 Å². The van der Waals surface area contributed by atoms with Crippen molar-refractivity contribution in [2.24, 2.45) is 11.8 Å². The highest BCUT2D eigenvalue weighted by molar-refractivity contribution is 5.74. The zero-order chi connectivity index (χ0) is 19.1. The third-order valence-electron chi connectivity index (χ3n) is 5.82. The third kappa shape index (κ3) is 5.89. The summed E-state index contributed by atoms with van der Waals surface area (Å²) < 4.78 is 5.91. The molecule has 1 saturated heterocycles. The first-order valence-corrected chi connectivity index (χ1v) is 10.6. The van der Waals surface area contributed by atoms with Crippen LogP contribution in [0.3, 0.4) is 0 Å². The van der Waals surface area contributed by atoms with Crippen LogP contribution < -0.4 is 5.32 Å². The topological polar surface area (TPSA) is 67.4 Å². The van der Waals surface area contributed by atoms with Crippen LogP contribution in [0.1, 0.15) is 70.7 Å². The van der Waals surface area contributed by atoms with Gasteiger partial charge in [-0.15, -0.1) is 0 Å². The number of rotatable bonds is 5. The van der Waals surface area contributed by atoms with Crippen molar-refractivity contribution in [1.29, 1.82) is 0 Å². The lowest BCUT2D eigenvalue weighted by Gasteiger charge is -2.30. The molecule has 1 aliphatic carbocycles. The van der Waals surface area contributed by atoms with Gasteiger partial charge in [0.25, 0.3) is 0 Å². The molecule has 2 amide bonds. The van der Waals surface area contributed by atoms with Gasteiger partial charge in [-0.3, -0.25) is 0 Å². The summed E-state index contributed by atoms with van der Waals surface area (Å²) in [6.45, 7) is 6.40. The average molecular weight is 375 g/mol. The summed E-state index contributed by atoms with van der Waals surface area (Å²) >= 11 is 0. The molecule has 0 spiro atoms. The number of ether oxygens (including phenoxy) is 1. The molecule has 1 aromatic rings. The number of nitrogens with zero attached hydrogens (tertiary/aromatic N) is 3. The van der Waals surface area contributed by atoms with Gasteiger partial charge in [0.15, 0.2) is 5.82 Å². The average Bonchev–Trinajstić information content (AvgIpc) is 2.95. The number of aromatic nitrogens is 2. The number of amides is 2. The molecule has 6 heteroatoms. The first-order valence-electron chi connectivity index (χ1n) is 10.6. The standard InChI is InChI=1S/C21H34N4O2/c1-16(2)19-15-25(12-7-13-27-19)21(26)24-18(20-22-10-6-11-23-20)14-17-8-4-3-5-9-17/h6,10-11,16-19H,3-5,7-9,12-15H2,1-2H3,(H,24,26). The Morgan fingerprint density at radius 3 is 2.67 bits per heavy atom. The molecule has 6 nitrogen and oxygen atoms in total. The van der Waals surface area contributed by atoms with Crippen molar-refractivity contribution in [2.75, 3.05) is 19.7 Å². The van der Waals surface area contributed by atoms with Gasteiger partial charge >= 0.3 is 6.03 Å². The third-order valence-corrected chi connectivity index (χ3v) is 5.82. The van der Waals surface area contributed by atoms with Crippen LogP contribution in [0.2, 0.25) is 0 Å². The van der Waals surface area contributed by atoms with Crippen LogP contribution in [-0.4, -0.2) is 46.7 Å². The van der Waals surface area contributed by atoms with Crippen LogP contribution in [0.25, 0.3) is 0 Å². The van der Waals surface area contributed by atoms with Crippen molar-refractivity contribution in [3.63, 3.8) is 0 Å². The number of carbonyl (C=O) groups is 1. The van der Waals surface area contributed by atoms with E-state index in [0.717, 1.165) is 31.8 Å². The van der Waals surface area contributed by atoms with Gasteiger partial charge in [0.1, 0.15) is 0 Å². The molecule has 2 aliphatic rings. The van der Waals surface area contributed by atoms with E-state index in [1.807, 2.05) is 11.0 Å². The predicted molar refractivity (Wildman–Crippen MR) is 105 cm³/mol. The molecule has 3 rings (SSSR count). The van der Waals surface area contributed by atoms with Crippen molar-refractivity contribution >= 4 is 6.03 Å². The minimum absolute atomic E-state index is 0.0144. The Morgan fingerprint density at radius 1 is 1.22 bits per heavy atom. The molecule has 0 bridgehead atoms. The zero-order valence-electron chi connectivity index (χ0n) is 16.8. The van der Waals surface area contributed by atoms with Crippen molar-refractivity contribution in [3.8, 4) is 0 Å². The molecule has 1 N–H and O–H groups in total. The summed E-state index contributed by atoms with van der Waals surface area (Å²) in [5.74, 6) is 1.76. The highest BCUT2D eigenvalue weighted by Crippen LogP contribution is 2.31. The van der Waals surface area contributed by atoms with Crippen LogP contribution in [0.4, 0.5) is 4.79 Å². The van der Waals surface area contributed by atoms with Gasteiger partial charge in [0.05, 0.1) is 12.1 Å². The van der Waals surface area contributed by atoms with Gasteiger partial charge < -0.3 is 15.0 Å². The van der Waals surface area contributed by atoms with Gasteiger partial charge in [0, 0.05) is 32.1 Å². The van der Waals surface area contributed by atoms with E-state index in [0.29, 0.717) is 18.4 Å². The smallest absolute Gasteiger partial charge is 0.318 e. The maximum Gasteiger partial charge on any atom is 0.318 e. The summed E-state index contributed by atoms with van der Waals surface area (Å²) in [5.41, 5.74) is 0. The molecule has 2 heterocycles. The van der Waals surface area contributed by atoms with E-state index in [4.69, 9.17) is 4.74 Å². The second-order valence-electron chi connectivity index (χ2n) is 8.30. The highest BCUT2D eigenvalue weighted by Gasteiger charge is 2.28. The molecule has 150 valence electrons. The molecule has 2 atom stereocenters. The lowest BCUT2D eigenvalue weighted by Crippen LogP contribution is -2.46. The molecule has 1 aliphatic heterocycles. The minimum atomic E-state index is -0.122. The summed E-state index contributed by atoms with van der Waals surface area (Å²) in [6.07, 6.45) is 11.8. The Morgan fingerprint density at radius 2 is 1.96 bits per heavy atom. The fourth-order valence-electron chi connectivity index (χ4n) is 4.16. The van der Waals surface area contributed by atoms with E-state index >= 15 is 0 Å². The molecule has 2 unspecified atom stereocenters. The van der Waals surface area contributed by atoms with E-state index in [1.165, 1.54) is 32.1 Å². The van der Waals surface area contributed by atoms with Crippen molar-refractivity contribution in [1.82, 2.24) is 20.2 Å². The van der Waals surface area contributed by atoms with Crippen molar-refractivity contribution in [3.05, 3.63) is 24.3 Å². The second-order valence-corrected chi connectivity index (χ2v) is 8.30. The first-order chi connectivity index (χ1) is 13.1. The molecule has 0 aromatic carbocycles. The lowest BCUT2D eigenvalue weighted by atomic mass is 9.84. The molecular weight excluding hydrogens is 340 g/mol. The van der Waals surface area contributed by atoms with Crippen molar-refractivity contribution < 1.29 is 9.53 Å². The Balaban J connectivity index is 1.67. The number of urea groups is 1. The molecule has 1 saturated carbocycles. The number of hydrogen-bond donors (Lipinski definition) is 1. The fourth-order valence-corrected chi connectivity index (χ4v) is 4.16. The Kier molecular flexibility index (Phi) is 7.44. The second kappa shape index (κ2) is 10.0. The zero-order valence-corrected chi connectivity index (χ0v) is 16.8. The van der Waals surface area contributed by atoms with Gasteiger partial charge in [-0.25, -0.2) is 14.8 Å². The number of carbonyl (C=O) groups excluding carboxylic acids is 1. The summed E-state index contributed by atoms with van der Waals surface area (Å²) in [4.78, 5) is 23.8. The molecule has 0 radical (unpaired) electrons. The molecular formula is C21H34N4O2. The number of hydrogen-bond acceptors (Lipinski definition) is 4. The highest BCUT2D eigenvalue weighted by atomic mass is 16.5. The predicted octanol–water partition coefficient (Wildman–Crippen LogP) is 3.94. The largest absolute Gasteiger partial charge is 0.376 e. The fraction of sp³-hybridized carbons (Fsp3) is 0.762. The normalized spacial score (nSPS) is 23.1. The Hall–Kier alpha value is -1.69. The van der Waals surface area contributed by atoms with E-state index < -0.39 is 0 Å². The molecule has 27 heavy (non-hydrogen) atoms. The van der Waals surface area contributed by atoms with Gasteiger partial charge in [-0.05, 0) is 30.7 Å². The van der Waals surface area contributed by atoms with E-state index in [2.05, 4.69) is 29.1 Å². The van der Waals surface area contributed by atoms with Crippen molar-refractivity contribution in [2.45, 2.75) is 70.9 Å². The minimum Gasteiger partial charge on any atom is -0.376 e.